The fourth-order valence-electron chi connectivity index (χ4n) is 2.23. The van der Waals surface area contributed by atoms with Gasteiger partial charge in [0.1, 0.15) is 11.6 Å². The molecule has 0 bridgehead atoms. The number of halogens is 1. The van der Waals surface area contributed by atoms with E-state index in [4.69, 9.17) is 4.74 Å². The van der Waals surface area contributed by atoms with Crippen molar-refractivity contribution in [3.63, 3.8) is 0 Å². The molecule has 0 fully saturated rings. The van der Waals surface area contributed by atoms with Gasteiger partial charge in [0, 0.05) is 17.7 Å². The topological polar surface area (TPSA) is 21.3 Å². The average molecular weight is 273 g/mol. The molecule has 0 spiro atoms. The zero-order chi connectivity index (χ0) is 14.5. The first kappa shape index (κ1) is 14.5. The lowest BCUT2D eigenvalue weighted by molar-refractivity contribution is 0.411. The van der Waals surface area contributed by atoms with Crippen LogP contribution in [0.1, 0.15) is 25.5 Å². The Balaban J connectivity index is 2.26. The van der Waals surface area contributed by atoms with Gasteiger partial charge in [-0.1, -0.05) is 31.2 Å². The van der Waals surface area contributed by atoms with Crippen LogP contribution in [0.2, 0.25) is 0 Å². The van der Waals surface area contributed by atoms with Crippen molar-refractivity contribution in [2.45, 2.75) is 19.9 Å². The lowest BCUT2D eigenvalue weighted by Crippen LogP contribution is -2.17. The van der Waals surface area contributed by atoms with E-state index in [2.05, 4.69) is 19.2 Å². The van der Waals surface area contributed by atoms with E-state index < -0.39 is 0 Å². The Kier molecular flexibility index (Phi) is 4.74. The van der Waals surface area contributed by atoms with Crippen LogP contribution in [0.15, 0.2) is 42.5 Å². The lowest BCUT2D eigenvalue weighted by atomic mass is 10.0. The Hall–Kier alpha value is -1.87. The van der Waals surface area contributed by atoms with E-state index in [1.165, 1.54) is 18.7 Å². The standard InChI is InChI=1S/C17H20FNO/c1-4-19-12(2)13-5-7-14(8-6-13)16-10-9-15(20-3)11-17(16)18/h5-12,19H,4H2,1-3H3. The van der Waals surface area contributed by atoms with Crippen LogP contribution in [-0.2, 0) is 0 Å². The zero-order valence-corrected chi connectivity index (χ0v) is 12.1. The quantitative estimate of drug-likeness (QED) is 0.882. The molecule has 1 atom stereocenters. The molecule has 0 aliphatic rings. The Morgan fingerprint density at radius 1 is 1.15 bits per heavy atom. The van der Waals surface area contributed by atoms with Gasteiger partial charge < -0.3 is 10.1 Å². The second kappa shape index (κ2) is 6.53. The maximum atomic E-state index is 14.0. The summed E-state index contributed by atoms with van der Waals surface area (Å²) in [7, 11) is 1.53. The first-order chi connectivity index (χ1) is 9.65. The number of nitrogens with one attached hydrogen (secondary N) is 1. The van der Waals surface area contributed by atoms with Crippen LogP contribution in [0.4, 0.5) is 4.39 Å². The third kappa shape index (κ3) is 3.17. The second-order valence-electron chi connectivity index (χ2n) is 4.75. The highest BCUT2D eigenvalue weighted by Crippen LogP contribution is 2.27. The molecule has 3 heteroatoms. The van der Waals surface area contributed by atoms with Crippen molar-refractivity contribution >= 4 is 0 Å². The minimum atomic E-state index is -0.267. The summed E-state index contributed by atoms with van der Waals surface area (Å²) in [6.45, 7) is 5.13. The Morgan fingerprint density at radius 3 is 2.40 bits per heavy atom. The molecule has 20 heavy (non-hydrogen) atoms. The monoisotopic (exact) mass is 273 g/mol. The van der Waals surface area contributed by atoms with Crippen molar-refractivity contribution in [3.05, 3.63) is 53.8 Å². The Bertz CT molecular complexity index is 566. The van der Waals surface area contributed by atoms with Crippen molar-refractivity contribution in [2.75, 3.05) is 13.7 Å². The van der Waals surface area contributed by atoms with Gasteiger partial charge in [-0.15, -0.1) is 0 Å². The molecule has 2 aromatic rings. The zero-order valence-electron chi connectivity index (χ0n) is 12.1. The van der Waals surface area contributed by atoms with Crippen LogP contribution in [0.3, 0.4) is 0 Å². The second-order valence-corrected chi connectivity index (χ2v) is 4.75. The highest BCUT2D eigenvalue weighted by atomic mass is 19.1. The number of ether oxygens (including phenoxy) is 1. The Labute approximate surface area is 119 Å². The molecular weight excluding hydrogens is 253 g/mol. The summed E-state index contributed by atoms with van der Waals surface area (Å²) in [4.78, 5) is 0. The maximum Gasteiger partial charge on any atom is 0.134 e. The van der Waals surface area contributed by atoms with Gasteiger partial charge in [-0.05, 0) is 36.7 Å². The van der Waals surface area contributed by atoms with Crippen molar-refractivity contribution in [3.8, 4) is 16.9 Å². The van der Waals surface area contributed by atoms with Crippen molar-refractivity contribution in [1.82, 2.24) is 5.32 Å². The van der Waals surface area contributed by atoms with E-state index in [-0.39, 0.29) is 5.82 Å². The lowest BCUT2D eigenvalue weighted by Gasteiger charge is -2.13. The number of hydrogen-bond acceptors (Lipinski definition) is 2. The van der Waals surface area contributed by atoms with Crippen LogP contribution < -0.4 is 10.1 Å². The number of methoxy groups -OCH3 is 1. The summed E-state index contributed by atoms with van der Waals surface area (Å²) < 4.78 is 19.0. The number of hydrogen-bond donors (Lipinski definition) is 1. The molecule has 0 saturated heterocycles. The summed E-state index contributed by atoms with van der Waals surface area (Å²) in [5, 5.41) is 3.36. The van der Waals surface area contributed by atoms with E-state index in [0.717, 1.165) is 12.1 Å². The van der Waals surface area contributed by atoms with Gasteiger partial charge >= 0.3 is 0 Å². The first-order valence-corrected chi connectivity index (χ1v) is 6.83. The summed E-state index contributed by atoms with van der Waals surface area (Å²) in [5.41, 5.74) is 2.66. The molecule has 0 saturated carbocycles. The molecule has 1 N–H and O–H groups in total. The molecule has 2 rings (SSSR count). The third-order valence-electron chi connectivity index (χ3n) is 3.41. The summed E-state index contributed by atoms with van der Waals surface area (Å²) in [5.74, 6) is 0.264. The van der Waals surface area contributed by atoms with Crippen molar-refractivity contribution in [1.29, 1.82) is 0 Å². The fraction of sp³-hybridized carbons (Fsp3) is 0.294. The summed E-state index contributed by atoms with van der Waals surface area (Å²) >= 11 is 0. The van der Waals surface area contributed by atoms with Crippen LogP contribution in [0.5, 0.6) is 5.75 Å². The predicted octanol–water partition coefficient (Wildman–Crippen LogP) is 4.17. The molecule has 0 amide bonds. The molecule has 2 nitrogen and oxygen atoms in total. The largest absolute Gasteiger partial charge is 0.497 e. The molecule has 106 valence electrons. The number of benzene rings is 2. The summed E-state index contributed by atoms with van der Waals surface area (Å²) in [6, 6.07) is 13.2. The minimum Gasteiger partial charge on any atom is -0.497 e. The summed E-state index contributed by atoms with van der Waals surface area (Å²) in [6.07, 6.45) is 0. The van der Waals surface area contributed by atoms with E-state index in [1.54, 1.807) is 12.1 Å². The smallest absolute Gasteiger partial charge is 0.134 e. The highest BCUT2D eigenvalue weighted by molar-refractivity contribution is 5.65. The Morgan fingerprint density at radius 2 is 1.85 bits per heavy atom. The third-order valence-corrected chi connectivity index (χ3v) is 3.41. The van der Waals surface area contributed by atoms with Crippen molar-refractivity contribution < 1.29 is 9.13 Å². The molecule has 0 radical (unpaired) electrons. The van der Waals surface area contributed by atoms with Gasteiger partial charge in [0.2, 0.25) is 0 Å². The van der Waals surface area contributed by atoms with Gasteiger partial charge in [0.15, 0.2) is 0 Å². The molecule has 0 heterocycles. The first-order valence-electron chi connectivity index (χ1n) is 6.83. The van der Waals surface area contributed by atoms with E-state index in [9.17, 15) is 4.39 Å². The van der Waals surface area contributed by atoms with Gasteiger partial charge in [0.25, 0.3) is 0 Å². The molecule has 0 aliphatic carbocycles. The minimum absolute atomic E-state index is 0.267. The van der Waals surface area contributed by atoms with Gasteiger partial charge in [-0.25, -0.2) is 4.39 Å². The van der Waals surface area contributed by atoms with E-state index in [1.807, 2.05) is 24.3 Å². The SMILES string of the molecule is CCNC(C)c1ccc(-c2ccc(OC)cc2F)cc1. The van der Waals surface area contributed by atoms with Crippen LogP contribution in [0.25, 0.3) is 11.1 Å². The van der Waals surface area contributed by atoms with E-state index >= 15 is 0 Å². The van der Waals surface area contributed by atoms with Crippen LogP contribution in [-0.4, -0.2) is 13.7 Å². The molecule has 0 aliphatic heterocycles. The molecular formula is C17H20FNO. The number of rotatable bonds is 5. The van der Waals surface area contributed by atoms with Gasteiger partial charge in [0.05, 0.1) is 7.11 Å². The van der Waals surface area contributed by atoms with Crippen LogP contribution >= 0.6 is 0 Å². The molecule has 1 unspecified atom stereocenters. The van der Waals surface area contributed by atoms with Crippen molar-refractivity contribution in [2.24, 2.45) is 0 Å². The van der Waals surface area contributed by atoms with E-state index in [0.29, 0.717) is 17.4 Å². The average Bonchev–Trinajstić information content (AvgIpc) is 2.47. The predicted molar refractivity (Wildman–Crippen MR) is 80.5 cm³/mol. The van der Waals surface area contributed by atoms with Crippen LogP contribution in [0, 0.1) is 5.82 Å². The molecule has 2 aromatic carbocycles. The fourth-order valence-corrected chi connectivity index (χ4v) is 2.23. The normalized spacial score (nSPS) is 12.2. The molecule has 0 aromatic heterocycles. The maximum absolute atomic E-state index is 14.0. The van der Waals surface area contributed by atoms with Gasteiger partial charge in [-0.3, -0.25) is 0 Å². The van der Waals surface area contributed by atoms with Gasteiger partial charge in [-0.2, -0.15) is 0 Å². The highest BCUT2D eigenvalue weighted by Gasteiger charge is 2.08.